The van der Waals surface area contributed by atoms with E-state index >= 15 is 0 Å². The lowest BCUT2D eigenvalue weighted by atomic mass is 10.3. The molecule has 1 atom stereocenters. The van der Waals surface area contributed by atoms with E-state index in [-0.39, 0.29) is 10.3 Å². The Morgan fingerprint density at radius 2 is 2.16 bits per heavy atom. The molecule has 0 aliphatic carbocycles. The van der Waals surface area contributed by atoms with Gasteiger partial charge in [-0.2, -0.15) is 0 Å². The summed E-state index contributed by atoms with van der Waals surface area (Å²) >= 11 is 10.2. The molecule has 1 N–H and O–H groups in total. The Kier molecular flexibility index (Phi) is 5.30. The molecule has 1 unspecified atom stereocenters. The Morgan fingerprint density at radius 1 is 1.53 bits per heavy atom. The van der Waals surface area contributed by atoms with Crippen molar-refractivity contribution in [2.45, 2.75) is 30.0 Å². The molecule has 0 saturated carbocycles. The standard InChI is InChI=1S/C11H16BrClN2O2S2/c1-8(15-4-2-3-5-15)7-14-19(16,17)10-6-9(13)11(12)18-10/h6,8,14H,2-5,7H2,1H3. The number of sulfonamides is 1. The summed E-state index contributed by atoms with van der Waals surface area (Å²) in [6, 6.07) is 1.69. The molecular weight excluding hydrogens is 372 g/mol. The SMILES string of the molecule is CC(CNS(=O)(=O)c1cc(Cl)c(Br)s1)N1CCCC1. The summed E-state index contributed by atoms with van der Waals surface area (Å²) < 4.78 is 27.8. The van der Waals surface area contributed by atoms with E-state index in [4.69, 9.17) is 11.6 Å². The number of nitrogens with one attached hydrogen (secondary N) is 1. The minimum atomic E-state index is -3.46. The molecule has 0 bridgehead atoms. The van der Waals surface area contributed by atoms with Crippen molar-refractivity contribution in [3.05, 3.63) is 14.9 Å². The highest BCUT2D eigenvalue weighted by molar-refractivity contribution is 9.11. The van der Waals surface area contributed by atoms with Gasteiger partial charge in [-0.3, -0.25) is 4.90 Å². The molecule has 0 spiro atoms. The maximum Gasteiger partial charge on any atom is 0.250 e. The Labute approximate surface area is 131 Å². The molecule has 1 aromatic rings. The van der Waals surface area contributed by atoms with E-state index in [9.17, 15) is 8.42 Å². The third kappa shape index (κ3) is 3.92. The quantitative estimate of drug-likeness (QED) is 0.845. The van der Waals surface area contributed by atoms with Crippen molar-refractivity contribution < 1.29 is 8.42 Å². The second-order valence-electron chi connectivity index (χ2n) is 4.63. The molecule has 2 rings (SSSR count). The van der Waals surface area contributed by atoms with Crippen LogP contribution in [0.15, 0.2) is 14.1 Å². The highest BCUT2D eigenvalue weighted by Gasteiger charge is 2.22. The first-order valence-electron chi connectivity index (χ1n) is 6.08. The van der Waals surface area contributed by atoms with Gasteiger partial charge in [0.1, 0.15) is 4.21 Å². The van der Waals surface area contributed by atoms with Crippen molar-refractivity contribution in [1.82, 2.24) is 9.62 Å². The molecule has 108 valence electrons. The molecule has 1 fully saturated rings. The number of likely N-dealkylation sites (tertiary alicyclic amines) is 1. The number of halogens is 2. The average molecular weight is 388 g/mol. The van der Waals surface area contributed by atoms with Crippen molar-refractivity contribution in [3.8, 4) is 0 Å². The van der Waals surface area contributed by atoms with Crippen LogP contribution in [0.4, 0.5) is 0 Å². The fourth-order valence-corrected chi connectivity index (χ4v) is 5.64. The van der Waals surface area contributed by atoms with Gasteiger partial charge < -0.3 is 0 Å². The van der Waals surface area contributed by atoms with Crippen molar-refractivity contribution in [2.24, 2.45) is 0 Å². The molecular formula is C11H16BrClN2O2S2. The van der Waals surface area contributed by atoms with E-state index < -0.39 is 10.0 Å². The summed E-state index contributed by atoms with van der Waals surface area (Å²) in [6.07, 6.45) is 2.40. The highest BCUT2D eigenvalue weighted by Crippen LogP contribution is 2.34. The predicted octanol–water partition coefficient (Wildman–Crippen LogP) is 2.93. The number of hydrogen-bond acceptors (Lipinski definition) is 4. The van der Waals surface area contributed by atoms with Crippen LogP contribution in [-0.2, 0) is 10.0 Å². The Hall–Kier alpha value is 0.340. The Balaban J connectivity index is 1.97. The lowest BCUT2D eigenvalue weighted by molar-refractivity contribution is 0.260. The van der Waals surface area contributed by atoms with Gasteiger partial charge in [-0.1, -0.05) is 11.6 Å². The predicted molar refractivity (Wildman–Crippen MR) is 82.5 cm³/mol. The topological polar surface area (TPSA) is 49.4 Å². The van der Waals surface area contributed by atoms with Gasteiger partial charge in [-0.15, -0.1) is 11.3 Å². The summed E-state index contributed by atoms with van der Waals surface area (Å²) in [4.78, 5) is 2.31. The first-order chi connectivity index (χ1) is 8.90. The van der Waals surface area contributed by atoms with E-state index in [1.165, 1.54) is 18.9 Å². The van der Waals surface area contributed by atoms with Crippen LogP contribution < -0.4 is 4.72 Å². The van der Waals surface area contributed by atoms with Crippen LogP contribution >= 0.6 is 38.9 Å². The summed E-state index contributed by atoms with van der Waals surface area (Å²) in [6.45, 7) is 4.58. The maximum absolute atomic E-state index is 12.1. The van der Waals surface area contributed by atoms with Crippen LogP contribution in [0.5, 0.6) is 0 Å². The van der Waals surface area contributed by atoms with Crippen molar-refractivity contribution >= 4 is 48.9 Å². The second kappa shape index (κ2) is 6.41. The van der Waals surface area contributed by atoms with E-state index in [0.717, 1.165) is 24.4 Å². The van der Waals surface area contributed by atoms with Crippen molar-refractivity contribution in [1.29, 1.82) is 0 Å². The van der Waals surface area contributed by atoms with E-state index in [1.807, 2.05) is 6.92 Å². The maximum atomic E-state index is 12.1. The van der Waals surface area contributed by atoms with E-state index in [1.54, 1.807) is 0 Å². The molecule has 1 aromatic heterocycles. The molecule has 2 heterocycles. The molecule has 0 radical (unpaired) electrons. The number of hydrogen-bond donors (Lipinski definition) is 1. The Bertz CT molecular complexity index is 521. The largest absolute Gasteiger partial charge is 0.299 e. The number of thiophene rings is 1. The van der Waals surface area contributed by atoms with Gasteiger partial charge in [0.15, 0.2) is 0 Å². The van der Waals surface area contributed by atoms with Crippen molar-refractivity contribution in [2.75, 3.05) is 19.6 Å². The number of nitrogens with zero attached hydrogens (tertiary/aromatic N) is 1. The van der Waals surface area contributed by atoms with Crippen LogP contribution in [0.2, 0.25) is 5.02 Å². The minimum absolute atomic E-state index is 0.219. The molecule has 1 aliphatic rings. The molecule has 4 nitrogen and oxygen atoms in total. The zero-order valence-electron chi connectivity index (χ0n) is 10.5. The normalized spacial score (nSPS) is 18.9. The summed E-state index contributed by atoms with van der Waals surface area (Å²) in [7, 11) is -3.46. The molecule has 1 saturated heterocycles. The summed E-state index contributed by atoms with van der Waals surface area (Å²) in [5.41, 5.74) is 0. The molecule has 0 aromatic carbocycles. The van der Waals surface area contributed by atoms with Gasteiger partial charge in [0.25, 0.3) is 0 Å². The van der Waals surface area contributed by atoms with Crippen LogP contribution in [0.3, 0.4) is 0 Å². The van der Waals surface area contributed by atoms with Gasteiger partial charge >= 0.3 is 0 Å². The zero-order chi connectivity index (χ0) is 14.0. The van der Waals surface area contributed by atoms with Crippen LogP contribution in [0.1, 0.15) is 19.8 Å². The van der Waals surface area contributed by atoms with Crippen LogP contribution in [0, 0.1) is 0 Å². The fraction of sp³-hybridized carbons (Fsp3) is 0.636. The third-order valence-electron chi connectivity index (χ3n) is 3.22. The average Bonchev–Trinajstić information content (AvgIpc) is 2.98. The first kappa shape index (κ1) is 15.7. The van der Waals surface area contributed by atoms with Crippen LogP contribution in [-0.4, -0.2) is 39.0 Å². The third-order valence-corrected chi connectivity index (χ3v) is 7.59. The zero-order valence-corrected chi connectivity index (χ0v) is 14.5. The number of rotatable bonds is 5. The smallest absolute Gasteiger partial charge is 0.250 e. The van der Waals surface area contributed by atoms with E-state index in [0.29, 0.717) is 15.4 Å². The van der Waals surface area contributed by atoms with Gasteiger partial charge in [0.2, 0.25) is 10.0 Å². The Morgan fingerprint density at radius 3 is 2.68 bits per heavy atom. The lowest BCUT2D eigenvalue weighted by Crippen LogP contribution is -2.40. The molecule has 8 heteroatoms. The molecule has 19 heavy (non-hydrogen) atoms. The van der Waals surface area contributed by atoms with Crippen molar-refractivity contribution in [3.63, 3.8) is 0 Å². The summed E-state index contributed by atoms with van der Waals surface area (Å²) in [5, 5.41) is 0.429. The summed E-state index contributed by atoms with van der Waals surface area (Å²) in [5.74, 6) is 0. The van der Waals surface area contributed by atoms with Crippen LogP contribution in [0.25, 0.3) is 0 Å². The minimum Gasteiger partial charge on any atom is -0.299 e. The second-order valence-corrected chi connectivity index (χ2v) is 9.40. The highest BCUT2D eigenvalue weighted by atomic mass is 79.9. The first-order valence-corrected chi connectivity index (χ1v) is 9.56. The monoisotopic (exact) mass is 386 g/mol. The van der Waals surface area contributed by atoms with Gasteiger partial charge in [-0.05, 0) is 54.9 Å². The molecule has 0 amide bonds. The van der Waals surface area contributed by atoms with Gasteiger partial charge in [0, 0.05) is 12.6 Å². The molecule has 1 aliphatic heterocycles. The van der Waals surface area contributed by atoms with Gasteiger partial charge in [-0.25, -0.2) is 13.1 Å². The lowest BCUT2D eigenvalue weighted by Gasteiger charge is -2.23. The van der Waals surface area contributed by atoms with E-state index in [2.05, 4.69) is 25.6 Å². The fourth-order valence-electron chi connectivity index (χ4n) is 2.07. The van der Waals surface area contributed by atoms with Gasteiger partial charge in [0.05, 0.1) is 8.81 Å².